The van der Waals surface area contributed by atoms with E-state index in [0.717, 1.165) is 5.92 Å². The minimum Gasteiger partial charge on any atom is -0.0683 e. The average molecular weight is 192 g/mol. The molecule has 0 aromatic heterocycles. The first-order valence-electron chi connectivity index (χ1n) is 5.80. The lowest BCUT2D eigenvalue weighted by Crippen LogP contribution is -1.92. The summed E-state index contributed by atoms with van der Waals surface area (Å²) in [6, 6.07) is 8.83. The first kappa shape index (κ1) is 13.2. The zero-order valence-corrected chi connectivity index (χ0v) is 10.3. The number of rotatable bonds is 3. The second-order valence-corrected chi connectivity index (χ2v) is 3.60. The first-order valence-corrected chi connectivity index (χ1v) is 5.80. The Kier molecular flexibility index (Phi) is 7.18. The van der Waals surface area contributed by atoms with Crippen LogP contribution in [0.3, 0.4) is 0 Å². The maximum absolute atomic E-state index is 2.30. The van der Waals surface area contributed by atoms with E-state index in [9.17, 15) is 0 Å². The fraction of sp³-hybridized carbons (Fsp3) is 0.571. The minimum absolute atomic E-state index is 0.717. The Labute approximate surface area is 89.4 Å². The van der Waals surface area contributed by atoms with Crippen LogP contribution in [-0.4, -0.2) is 0 Å². The zero-order chi connectivity index (χ0) is 11.0. The highest BCUT2D eigenvalue weighted by Gasteiger charge is 2.02. The van der Waals surface area contributed by atoms with Crippen molar-refractivity contribution in [1.29, 1.82) is 0 Å². The van der Waals surface area contributed by atoms with Crippen LogP contribution in [0.4, 0.5) is 0 Å². The van der Waals surface area contributed by atoms with Gasteiger partial charge in [-0.1, -0.05) is 63.9 Å². The van der Waals surface area contributed by atoms with E-state index in [2.05, 4.69) is 45.0 Å². The van der Waals surface area contributed by atoms with Crippen molar-refractivity contribution in [3.63, 3.8) is 0 Å². The third-order valence-electron chi connectivity index (χ3n) is 2.33. The molecule has 1 unspecified atom stereocenters. The van der Waals surface area contributed by atoms with Crippen molar-refractivity contribution in [3.05, 3.63) is 35.4 Å². The van der Waals surface area contributed by atoms with E-state index in [1.54, 1.807) is 0 Å². The molecule has 0 amide bonds. The molecule has 0 bridgehead atoms. The van der Waals surface area contributed by atoms with Gasteiger partial charge >= 0.3 is 0 Å². The molecule has 1 rings (SSSR count). The van der Waals surface area contributed by atoms with Crippen molar-refractivity contribution in [3.8, 4) is 0 Å². The van der Waals surface area contributed by atoms with E-state index in [1.807, 2.05) is 13.8 Å². The number of hydrogen-bond acceptors (Lipinski definition) is 0. The maximum Gasteiger partial charge on any atom is -0.0190 e. The molecule has 14 heavy (non-hydrogen) atoms. The molecule has 0 aliphatic heterocycles. The summed E-state index contributed by atoms with van der Waals surface area (Å²) in [5.41, 5.74) is 2.85. The van der Waals surface area contributed by atoms with E-state index >= 15 is 0 Å². The van der Waals surface area contributed by atoms with Crippen LogP contribution in [0.15, 0.2) is 24.3 Å². The van der Waals surface area contributed by atoms with Gasteiger partial charge in [0.05, 0.1) is 0 Å². The Hall–Kier alpha value is -0.780. The van der Waals surface area contributed by atoms with Crippen molar-refractivity contribution in [2.75, 3.05) is 0 Å². The van der Waals surface area contributed by atoms with Crippen molar-refractivity contribution < 1.29 is 0 Å². The van der Waals surface area contributed by atoms with E-state index in [-0.39, 0.29) is 0 Å². The summed E-state index contributed by atoms with van der Waals surface area (Å²) in [4.78, 5) is 0. The fourth-order valence-corrected chi connectivity index (χ4v) is 1.58. The van der Waals surface area contributed by atoms with Crippen molar-refractivity contribution in [1.82, 2.24) is 0 Å². The summed E-state index contributed by atoms with van der Waals surface area (Å²) in [7, 11) is 0. The first-order chi connectivity index (χ1) is 6.74. The molecular weight excluding hydrogens is 168 g/mol. The van der Waals surface area contributed by atoms with Crippen LogP contribution in [0.2, 0.25) is 0 Å². The standard InChI is InChI=1S/C12H18.C2H6/c1-4-6-11(3)12-8-5-7-10(2)9-12;1-2/h5,7-9,11H,4,6H2,1-3H3;1-2H3. The minimum atomic E-state index is 0.717. The van der Waals surface area contributed by atoms with E-state index in [0.29, 0.717) is 0 Å². The zero-order valence-electron chi connectivity index (χ0n) is 10.3. The summed E-state index contributed by atoms with van der Waals surface area (Å²) < 4.78 is 0. The van der Waals surface area contributed by atoms with Crippen molar-refractivity contribution in [2.24, 2.45) is 0 Å². The molecule has 80 valence electrons. The van der Waals surface area contributed by atoms with Crippen LogP contribution in [0.5, 0.6) is 0 Å². The Morgan fingerprint density at radius 2 is 1.86 bits per heavy atom. The molecule has 0 fully saturated rings. The second kappa shape index (κ2) is 7.61. The van der Waals surface area contributed by atoms with Crippen LogP contribution in [0.25, 0.3) is 0 Å². The van der Waals surface area contributed by atoms with Crippen LogP contribution < -0.4 is 0 Å². The Bertz CT molecular complexity index is 238. The molecule has 0 saturated heterocycles. The molecule has 0 heteroatoms. The van der Waals surface area contributed by atoms with Gasteiger partial charge in [-0.05, 0) is 24.8 Å². The molecule has 0 N–H and O–H groups in total. The van der Waals surface area contributed by atoms with Crippen LogP contribution in [0.1, 0.15) is 57.6 Å². The van der Waals surface area contributed by atoms with Crippen molar-refractivity contribution >= 4 is 0 Å². The van der Waals surface area contributed by atoms with Gasteiger partial charge in [-0.15, -0.1) is 0 Å². The van der Waals surface area contributed by atoms with Crippen LogP contribution in [-0.2, 0) is 0 Å². The lowest BCUT2D eigenvalue weighted by Gasteiger charge is -2.10. The lowest BCUT2D eigenvalue weighted by molar-refractivity contribution is 0.664. The molecule has 0 aliphatic rings. The van der Waals surface area contributed by atoms with E-state index in [1.165, 1.54) is 24.0 Å². The predicted molar refractivity (Wildman–Crippen MR) is 65.9 cm³/mol. The highest BCUT2D eigenvalue weighted by atomic mass is 14.1. The SMILES string of the molecule is CC.CCCC(C)c1cccc(C)c1. The molecule has 1 aromatic rings. The molecule has 0 radical (unpaired) electrons. The molecule has 0 heterocycles. The third-order valence-corrected chi connectivity index (χ3v) is 2.33. The van der Waals surface area contributed by atoms with Gasteiger partial charge in [-0.25, -0.2) is 0 Å². The smallest absolute Gasteiger partial charge is 0.0190 e. The average Bonchev–Trinajstić information content (AvgIpc) is 2.21. The molecule has 0 nitrogen and oxygen atoms in total. The summed E-state index contributed by atoms with van der Waals surface area (Å²) in [6.45, 7) is 10.7. The third kappa shape index (κ3) is 4.45. The van der Waals surface area contributed by atoms with Crippen LogP contribution >= 0.6 is 0 Å². The number of aryl methyl sites for hydroxylation is 1. The van der Waals surface area contributed by atoms with Gasteiger partial charge in [0.2, 0.25) is 0 Å². The van der Waals surface area contributed by atoms with Gasteiger partial charge in [0.1, 0.15) is 0 Å². The summed E-state index contributed by atoms with van der Waals surface area (Å²) in [6.07, 6.45) is 2.57. The monoisotopic (exact) mass is 192 g/mol. The van der Waals surface area contributed by atoms with Gasteiger partial charge in [0, 0.05) is 0 Å². The molecule has 1 aromatic carbocycles. The van der Waals surface area contributed by atoms with Gasteiger partial charge in [-0.3, -0.25) is 0 Å². The predicted octanol–water partition coefficient (Wildman–Crippen LogP) is 4.92. The molecule has 0 spiro atoms. The van der Waals surface area contributed by atoms with Crippen LogP contribution in [0, 0.1) is 6.92 Å². The maximum atomic E-state index is 2.30. The Balaban J connectivity index is 0.000000791. The largest absolute Gasteiger partial charge is 0.0683 e. The van der Waals surface area contributed by atoms with Gasteiger partial charge in [0.25, 0.3) is 0 Å². The molecular formula is C14H24. The Morgan fingerprint density at radius 3 is 2.36 bits per heavy atom. The van der Waals surface area contributed by atoms with Gasteiger partial charge < -0.3 is 0 Å². The van der Waals surface area contributed by atoms with Gasteiger partial charge in [0.15, 0.2) is 0 Å². The highest BCUT2D eigenvalue weighted by molar-refractivity contribution is 5.24. The number of hydrogen-bond donors (Lipinski definition) is 0. The van der Waals surface area contributed by atoms with Gasteiger partial charge in [-0.2, -0.15) is 0 Å². The van der Waals surface area contributed by atoms with E-state index in [4.69, 9.17) is 0 Å². The lowest BCUT2D eigenvalue weighted by atomic mass is 9.95. The van der Waals surface area contributed by atoms with E-state index < -0.39 is 0 Å². The topological polar surface area (TPSA) is 0 Å². The second-order valence-electron chi connectivity index (χ2n) is 3.60. The summed E-state index contributed by atoms with van der Waals surface area (Å²) in [5, 5.41) is 0. The quantitative estimate of drug-likeness (QED) is 0.637. The normalized spacial score (nSPS) is 11.5. The number of benzene rings is 1. The molecule has 0 saturated carbocycles. The highest BCUT2D eigenvalue weighted by Crippen LogP contribution is 2.20. The summed E-state index contributed by atoms with van der Waals surface area (Å²) >= 11 is 0. The van der Waals surface area contributed by atoms with Crippen molar-refractivity contribution in [2.45, 2.75) is 53.4 Å². The molecule has 1 atom stereocenters. The Morgan fingerprint density at radius 1 is 1.21 bits per heavy atom. The summed E-state index contributed by atoms with van der Waals surface area (Å²) in [5.74, 6) is 0.717. The molecule has 0 aliphatic carbocycles. The fourth-order valence-electron chi connectivity index (χ4n) is 1.58.